The molecule has 0 fully saturated rings. The van der Waals surface area contributed by atoms with Crippen molar-refractivity contribution in [2.24, 2.45) is 0 Å². The van der Waals surface area contributed by atoms with E-state index in [0.29, 0.717) is 11.5 Å². The molecule has 7 heteroatoms. The molecule has 18 heavy (non-hydrogen) atoms. The summed E-state index contributed by atoms with van der Waals surface area (Å²) in [5.41, 5.74) is 0. The summed E-state index contributed by atoms with van der Waals surface area (Å²) in [6.07, 6.45) is -0.992. The fourth-order valence-electron chi connectivity index (χ4n) is 1.41. The minimum Gasteiger partial charge on any atom is -0.464 e. The van der Waals surface area contributed by atoms with Crippen molar-refractivity contribution in [3.63, 3.8) is 0 Å². The van der Waals surface area contributed by atoms with Crippen molar-refractivity contribution in [3.8, 4) is 0 Å². The zero-order valence-electron chi connectivity index (χ0n) is 9.66. The van der Waals surface area contributed by atoms with E-state index in [1.54, 1.807) is 30.5 Å². The number of hydrogen-bond acceptors (Lipinski definition) is 5. The number of thiophene rings is 1. The predicted molar refractivity (Wildman–Crippen MR) is 67.9 cm³/mol. The lowest BCUT2D eigenvalue weighted by molar-refractivity contribution is 0.152. The van der Waals surface area contributed by atoms with Crippen LogP contribution in [-0.2, 0) is 10.0 Å². The van der Waals surface area contributed by atoms with E-state index in [0.717, 1.165) is 11.3 Å². The Bertz CT molecular complexity index is 601. The van der Waals surface area contributed by atoms with Crippen LogP contribution in [0.3, 0.4) is 0 Å². The molecule has 0 saturated carbocycles. The Hall–Kier alpha value is -1.15. The molecule has 0 amide bonds. The fraction of sp³-hybridized carbons (Fsp3) is 0.273. The Balaban J connectivity index is 2.00. The van der Waals surface area contributed by atoms with E-state index in [1.807, 2.05) is 0 Å². The summed E-state index contributed by atoms with van der Waals surface area (Å²) in [5, 5.41) is 11.5. The minimum absolute atomic E-state index is 0.118. The lowest BCUT2D eigenvalue weighted by Gasteiger charge is -2.09. The van der Waals surface area contributed by atoms with Gasteiger partial charge in [0.25, 0.3) is 0 Å². The zero-order valence-corrected chi connectivity index (χ0v) is 11.3. The Morgan fingerprint density at radius 2 is 2.22 bits per heavy atom. The highest BCUT2D eigenvalue weighted by Gasteiger charge is 2.18. The number of aliphatic hydroxyl groups is 1. The molecule has 2 N–H and O–H groups in total. The highest BCUT2D eigenvalue weighted by atomic mass is 32.2. The minimum atomic E-state index is -3.55. The number of aliphatic hydroxyl groups excluding tert-OH is 1. The third-order valence-electron chi connectivity index (χ3n) is 2.32. The second kappa shape index (κ2) is 5.23. The first kappa shape index (κ1) is 13.3. The van der Waals surface area contributed by atoms with Crippen molar-refractivity contribution in [2.45, 2.75) is 17.2 Å². The van der Waals surface area contributed by atoms with Gasteiger partial charge in [-0.1, -0.05) is 6.07 Å². The van der Waals surface area contributed by atoms with Crippen molar-refractivity contribution in [1.82, 2.24) is 4.72 Å². The monoisotopic (exact) mass is 287 g/mol. The summed E-state index contributed by atoms with van der Waals surface area (Å²) in [7, 11) is -3.55. The van der Waals surface area contributed by atoms with Gasteiger partial charge in [-0.3, -0.25) is 0 Å². The van der Waals surface area contributed by atoms with Crippen molar-refractivity contribution in [2.75, 3.05) is 6.54 Å². The van der Waals surface area contributed by atoms with Crippen molar-refractivity contribution in [3.05, 3.63) is 41.2 Å². The second-order valence-corrected chi connectivity index (χ2v) is 6.69. The van der Waals surface area contributed by atoms with Gasteiger partial charge < -0.3 is 9.52 Å². The molecule has 1 atom stereocenters. The first-order valence-electron chi connectivity index (χ1n) is 5.26. The quantitative estimate of drug-likeness (QED) is 0.876. The lowest BCUT2D eigenvalue weighted by Crippen LogP contribution is -2.27. The number of nitrogens with one attached hydrogen (secondary N) is 1. The summed E-state index contributed by atoms with van der Waals surface area (Å²) in [4.78, 5) is 0. The SMILES string of the molecule is Cc1ccc([C@@H](O)CNS(=O)(=O)c2cccs2)o1. The molecule has 2 rings (SSSR count). The first-order chi connectivity index (χ1) is 8.49. The number of rotatable bonds is 5. The van der Waals surface area contributed by atoms with Crippen LogP contribution in [0, 0.1) is 6.92 Å². The molecular weight excluding hydrogens is 274 g/mol. The van der Waals surface area contributed by atoms with E-state index in [1.165, 1.54) is 6.07 Å². The molecule has 2 aromatic rings. The Morgan fingerprint density at radius 1 is 1.44 bits per heavy atom. The zero-order chi connectivity index (χ0) is 13.2. The van der Waals surface area contributed by atoms with E-state index >= 15 is 0 Å². The van der Waals surface area contributed by atoms with Gasteiger partial charge in [-0.05, 0) is 30.5 Å². The Kier molecular flexibility index (Phi) is 3.86. The van der Waals surface area contributed by atoms with Gasteiger partial charge in [0.1, 0.15) is 21.8 Å². The topological polar surface area (TPSA) is 79.5 Å². The molecular formula is C11H13NO4S2. The molecule has 98 valence electrons. The second-order valence-electron chi connectivity index (χ2n) is 3.75. The molecule has 2 aromatic heterocycles. The van der Waals surface area contributed by atoms with Crippen LogP contribution in [0.25, 0.3) is 0 Å². The average molecular weight is 287 g/mol. The van der Waals surface area contributed by atoms with Gasteiger partial charge in [-0.2, -0.15) is 0 Å². The maximum absolute atomic E-state index is 11.8. The van der Waals surface area contributed by atoms with E-state index in [4.69, 9.17) is 4.42 Å². The van der Waals surface area contributed by atoms with Crippen LogP contribution in [0.2, 0.25) is 0 Å². The summed E-state index contributed by atoms with van der Waals surface area (Å²) in [6, 6.07) is 6.51. The van der Waals surface area contributed by atoms with Crippen LogP contribution >= 0.6 is 11.3 Å². The third-order valence-corrected chi connectivity index (χ3v) is 5.14. The first-order valence-corrected chi connectivity index (χ1v) is 7.63. The van der Waals surface area contributed by atoms with Crippen molar-refractivity contribution >= 4 is 21.4 Å². The largest absolute Gasteiger partial charge is 0.464 e. The van der Waals surface area contributed by atoms with Crippen molar-refractivity contribution < 1.29 is 17.9 Å². The molecule has 0 radical (unpaired) electrons. The summed E-state index contributed by atoms with van der Waals surface area (Å²) in [5.74, 6) is 1.02. The third kappa shape index (κ3) is 2.99. The maximum Gasteiger partial charge on any atom is 0.250 e. The van der Waals surface area contributed by atoms with E-state index in [9.17, 15) is 13.5 Å². The molecule has 5 nitrogen and oxygen atoms in total. The number of aryl methyl sites for hydroxylation is 1. The van der Waals surface area contributed by atoms with Gasteiger partial charge in [-0.25, -0.2) is 13.1 Å². The highest BCUT2D eigenvalue weighted by Crippen LogP contribution is 2.18. The molecule has 2 heterocycles. The van der Waals surface area contributed by atoms with Crippen LogP contribution in [0.4, 0.5) is 0 Å². The molecule has 0 aliphatic heterocycles. The Morgan fingerprint density at radius 3 is 2.78 bits per heavy atom. The van der Waals surface area contributed by atoms with Gasteiger partial charge in [0.15, 0.2) is 0 Å². The van der Waals surface area contributed by atoms with E-state index in [2.05, 4.69) is 4.72 Å². The summed E-state index contributed by atoms with van der Waals surface area (Å²) >= 11 is 1.13. The molecule has 0 bridgehead atoms. The van der Waals surface area contributed by atoms with Gasteiger partial charge in [-0.15, -0.1) is 11.3 Å². The number of sulfonamides is 1. The summed E-state index contributed by atoms with van der Waals surface area (Å²) < 4.78 is 31.4. The maximum atomic E-state index is 11.8. The van der Waals surface area contributed by atoms with Crippen LogP contribution in [0.5, 0.6) is 0 Å². The average Bonchev–Trinajstić information content (AvgIpc) is 2.96. The van der Waals surface area contributed by atoms with Gasteiger partial charge >= 0.3 is 0 Å². The molecule has 0 aliphatic carbocycles. The highest BCUT2D eigenvalue weighted by molar-refractivity contribution is 7.91. The van der Waals surface area contributed by atoms with Gasteiger partial charge in [0.05, 0.1) is 0 Å². The smallest absolute Gasteiger partial charge is 0.250 e. The number of hydrogen-bond donors (Lipinski definition) is 2. The molecule has 0 aromatic carbocycles. The van der Waals surface area contributed by atoms with Crippen LogP contribution in [-0.4, -0.2) is 20.1 Å². The van der Waals surface area contributed by atoms with Crippen LogP contribution in [0.1, 0.15) is 17.6 Å². The van der Waals surface area contributed by atoms with Crippen molar-refractivity contribution in [1.29, 1.82) is 0 Å². The van der Waals surface area contributed by atoms with Gasteiger partial charge in [0.2, 0.25) is 10.0 Å². The van der Waals surface area contributed by atoms with E-state index < -0.39 is 16.1 Å². The number of furan rings is 1. The molecule has 0 spiro atoms. The normalized spacial score (nSPS) is 13.7. The molecule has 0 unspecified atom stereocenters. The van der Waals surface area contributed by atoms with E-state index in [-0.39, 0.29) is 10.8 Å². The Labute approximate surface area is 109 Å². The summed E-state index contributed by atoms with van der Waals surface area (Å²) in [6.45, 7) is 1.64. The van der Waals surface area contributed by atoms with Gasteiger partial charge in [0, 0.05) is 6.54 Å². The lowest BCUT2D eigenvalue weighted by atomic mass is 10.3. The predicted octanol–water partition coefficient (Wildman–Crippen LogP) is 1.66. The standard InChI is InChI=1S/C11H13NO4S2/c1-8-4-5-10(16-8)9(13)7-12-18(14,15)11-3-2-6-17-11/h2-6,9,12-13H,7H2,1H3/t9-/m0/s1. The molecule has 0 aliphatic rings. The molecule has 0 saturated heterocycles. The van der Waals surface area contributed by atoms with Crippen LogP contribution < -0.4 is 4.72 Å². The fourth-order valence-corrected chi connectivity index (χ4v) is 3.49. The van der Waals surface area contributed by atoms with Crippen LogP contribution in [0.15, 0.2) is 38.3 Å².